The minimum absolute atomic E-state index is 0.556. The molecule has 0 aromatic heterocycles. The molecule has 1 aliphatic carbocycles. The van der Waals surface area contributed by atoms with E-state index in [9.17, 15) is 0 Å². The quantitative estimate of drug-likeness (QED) is 0.500. The monoisotopic (exact) mass is 238 g/mol. The van der Waals surface area contributed by atoms with Gasteiger partial charge in [0.05, 0.1) is 0 Å². The van der Waals surface area contributed by atoms with Gasteiger partial charge in [-0.3, -0.25) is 0 Å². The fraction of sp³-hybridized carbons (Fsp3) is 0.333. The summed E-state index contributed by atoms with van der Waals surface area (Å²) in [5.41, 5.74) is 1.52. The Morgan fingerprint density at radius 2 is 2.25 bits per heavy atom. The Kier molecular flexibility index (Phi) is 10.0. The molecule has 1 aliphatic rings. The molecule has 66 valence electrons. The van der Waals surface area contributed by atoms with Gasteiger partial charge in [-0.15, -0.1) is 0 Å². The van der Waals surface area contributed by atoms with Crippen LogP contribution in [-0.2, 0) is 17.0 Å². The summed E-state index contributed by atoms with van der Waals surface area (Å²) in [5, 5.41) is 0. The van der Waals surface area contributed by atoms with Gasteiger partial charge in [0.15, 0.2) is 0 Å². The molecule has 0 radical (unpaired) electrons. The first-order valence-corrected chi connectivity index (χ1v) is 8.06. The number of rotatable bonds is 2. The Hall–Kier alpha value is 0.514. The third-order valence-corrected chi connectivity index (χ3v) is 1.46. The van der Waals surface area contributed by atoms with Gasteiger partial charge in [0.1, 0.15) is 0 Å². The third kappa shape index (κ3) is 7.18. The van der Waals surface area contributed by atoms with E-state index in [1.54, 1.807) is 0 Å². The zero-order valence-corrected chi connectivity index (χ0v) is 10.1. The van der Waals surface area contributed by atoms with Gasteiger partial charge in [0.2, 0.25) is 0 Å². The van der Waals surface area contributed by atoms with Crippen molar-refractivity contribution in [3.8, 4) is 0 Å². The first kappa shape index (κ1) is 12.5. The molecule has 1 rings (SSSR count). The third-order valence-electron chi connectivity index (χ3n) is 1.46. The summed E-state index contributed by atoms with van der Waals surface area (Å²) in [6.07, 6.45) is 13.1. The van der Waals surface area contributed by atoms with Gasteiger partial charge >= 0.3 is 35.6 Å². The van der Waals surface area contributed by atoms with Crippen LogP contribution in [0.15, 0.2) is 36.0 Å². The summed E-state index contributed by atoms with van der Waals surface area (Å²) in [7, 11) is 9.78. The molecule has 0 aliphatic heterocycles. The van der Waals surface area contributed by atoms with Crippen molar-refractivity contribution in [2.75, 3.05) is 0 Å². The summed E-state index contributed by atoms with van der Waals surface area (Å²) < 4.78 is 0. The molecule has 0 saturated carbocycles. The molecule has 0 aromatic rings. The predicted octanol–water partition coefficient (Wildman–Crippen LogP) is 4.22. The van der Waals surface area contributed by atoms with E-state index in [4.69, 9.17) is 18.6 Å². The molecule has 0 aromatic carbocycles. The first-order chi connectivity index (χ1) is 5.85. The SMILES string of the molecule is CC=CCC1=CC=CC1.[Cl][Ti][Cl]. The Balaban J connectivity index is 0.000000354. The van der Waals surface area contributed by atoms with E-state index in [0.717, 1.165) is 12.8 Å². The molecule has 0 amide bonds. The second kappa shape index (κ2) is 9.60. The average Bonchev–Trinajstić information content (AvgIpc) is 2.54. The molecule has 0 N–H and O–H groups in total. The number of hydrogen-bond donors (Lipinski definition) is 0. The fourth-order valence-electron chi connectivity index (χ4n) is 0.912. The van der Waals surface area contributed by atoms with E-state index < -0.39 is 17.0 Å². The maximum atomic E-state index is 4.89. The zero-order chi connectivity index (χ0) is 9.23. The van der Waals surface area contributed by atoms with E-state index in [1.807, 2.05) is 0 Å². The maximum absolute atomic E-state index is 4.89. The van der Waals surface area contributed by atoms with E-state index in [0.29, 0.717) is 0 Å². The topological polar surface area (TPSA) is 0 Å². The van der Waals surface area contributed by atoms with Gasteiger partial charge in [0, 0.05) is 0 Å². The summed E-state index contributed by atoms with van der Waals surface area (Å²) in [4.78, 5) is 0. The second-order valence-corrected chi connectivity index (χ2v) is 4.88. The predicted molar refractivity (Wildman–Crippen MR) is 53.0 cm³/mol. The van der Waals surface area contributed by atoms with Gasteiger partial charge in [-0.2, -0.15) is 0 Å². The summed E-state index contributed by atoms with van der Waals surface area (Å²) in [5.74, 6) is 0. The molecule has 0 unspecified atom stereocenters. The molecule has 0 heterocycles. The average molecular weight is 239 g/mol. The van der Waals surface area contributed by atoms with Crippen molar-refractivity contribution in [1.29, 1.82) is 0 Å². The van der Waals surface area contributed by atoms with Crippen molar-refractivity contribution in [1.82, 2.24) is 0 Å². The van der Waals surface area contributed by atoms with Crippen LogP contribution in [0.3, 0.4) is 0 Å². The molecular weight excluding hydrogens is 227 g/mol. The molecule has 0 fully saturated rings. The van der Waals surface area contributed by atoms with Crippen LogP contribution in [-0.4, -0.2) is 0 Å². The van der Waals surface area contributed by atoms with Crippen LogP contribution in [0.5, 0.6) is 0 Å². The Bertz CT molecular complexity index is 183. The van der Waals surface area contributed by atoms with Crippen molar-refractivity contribution in [2.45, 2.75) is 19.8 Å². The minimum atomic E-state index is -0.556. The second-order valence-electron chi connectivity index (χ2n) is 2.30. The summed E-state index contributed by atoms with van der Waals surface area (Å²) in [6, 6.07) is 0. The Morgan fingerprint density at radius 3 is 2.67 bits per heavy atom. The molecule has 0 bridgehead atoms. The van der Waals surface area contributed by atoms with Crippen molar-refractivity contribution in [3.05, 3.63) is 36.0 Å². The van der Waals surface area contributed by atoms with E-state index >= 15 is 0 Å². The molecule has 0 spiro atoms. The molecule has 3 heteroatoms. The van der Waals surface area contributed by atoms with Crippen molar-refractivity contribution >= 4 is 18.6 Å². The van der Waals surface area contributed by atoms with Crippen LogP contribution >= 0.6 is 18.6 Å². The molecule has 12 heavy (non-hydrogen) atoms. The van der Waals surface area contributed by atoms with Crippen LogP contribution < -0.4 is 0 Å². The van der Waals surface area contributed by atoms with Gasteiger partial charge in [0.25, 0.3) is 0 Å². The summed E-state index contributed by atoms with van der Waals surface area (Å²) in [6.45, 7) is 2.06. The summed E-state index contributed by atoms with van der Waals surface area (Å²) >= 11 is -0.556. The molecule has 0 nitrogen and oxygen atoms in total. The van der Waals surface area contributed by atoms with E-state index in [1.165, 1.54) is 5.57 Å². The number of allylic oxidation sites excluding steroid dienone is 6. The molecule has 0 saturated heterocycles. The van der Waals surface area contributed by atoms with Crippen molar-refractivity contribution in [2.24, 2.45) is 0 Å². The van der Waals surface area contributed by atoms with E-state index in [2.05, 4.69) is 37.3 Å². The zero-order valence-electron chi connectivity index (χ0n) is 7.06. The van der Waals surface area contributed by atoms with Crippen LogP contribution in [0.2, 0.25) is 0 Å². The van der Waals surface area contributed by atoms with Gasteiger partial charge in [-0.05, 0) is 19.8 Å². The van der Waals surface area contributed by atoms with Gasteiger partial charge in [-0.1, -0.05) is 36.0 Å². The van der Waals surface area contributed by atoms with Crippen molar-refractivity contribution in [3.63, 3.8) is 0 Å². The normalized spacial score (nSPS) is 14.1. The Labute approximate surface area is 91.0 Å². The van der Waals surface area contributed by atoms with Gasteiger partial charge < -0.3 is 0 Å². The molecule has 0 atom stereocenters. The number of hydrogen-bond acceptors (Lipinski definition) is 0. The van der Waals surface area contributed by atoms with E-state index in [-0.39, 0.29) is 0 Å². The van der Waals surface area contributed by atoms with Gasteiger partial charge in [-0.25, -0.2) is 0 Å². The van der Waals surface area contributed by atoms with Crippen molar-refractivity contribution < 1.29 is 17.0 Å². The Morgan fingerprint density at radius 1 is 1.58 bits per heavy atom. The fourth-order valence-corrected chi connectivity index (χ4v) is 0.912. The van der Waals surface area contributed by atoms with Crippen LogP contribution in [0.4, 0.5) is 0 Å². The van der Waals surface area contributed by atoms with Crippen LogP contribution in [0, 0.1) is 0 Å². The molecular formula is C9H12Cl2Ti. The first-order valence-electron chi connectivity index (χ1n) is 3.77. The van der Waals surface area contributed by atoms with Crippen LogP contribution in [0.25, 0.3) is 0 Å². The standard InChI is InChI=1S/C9H12.2ClH.Ti/c1-2-3-6-9-7-4-5-8-9;;;/h2-5,7H,6,8H2,1H3;2*1H;/q;;;+2/p-2. The van der Waals surface area contributed by atoms with Crippen LogP contribution in [0.1, 0.15) is 19.8 Å². The number of halogens is 2.